The first kappa shape index (κ1) is 15.6. The molecule has 1 heterocycles. The van der Waals surface area contributed by atoms with Crippen LogP contribution in [-0.2, 0) is 4.74 Å². The first-order valence-electron chi connectivity index (χ1n) is 6.27. The van der Waals surface area contributed by atoms with E-state index < -0.39 is 5.97 Å². The molecule has 0 saturated heterocycles. The first-order valence-corrected chi connectivity index (χ1v) is 7.56. The Bertz CT molecular complexity index is 426. The van der Waals surface area contributed by atoms with Crippen LogP contribution in [0.25, 0.3) is 0 Å². The van der Waals surface area contributed by atoms with Crippen molar-refractivity contribution >= 4 is 29.2 Å². The summed E-state index contributed by atoms with van der Waals surface area (Å²) in [5.74, 6) is 0.128. The summed E-state index contributed by atoms with van der Waals surface area (Å²) in [4.78, 5) is 16.0. The highest BCUT2D eigenvalue weighted by atomic mass is 32.2. The van der Waals surface area contributed by atoms with Crippen molar-refractivity contribution in [2.45, 2.75) is 25.5 Å². The number of rotatable bonds is 7. The monoisotopic (exact) mass is 283 g/mol. The number of thioether (sulfide) groups is 1. The predicted molar refractivity (Wildman–Crippen MR) is 80.7 cm³/mol. The summed E-state index contributed by atoms with van der Waals surface area (Å²) in [6.07, 6.45) is 4.61. The quantitative estimate of drug-likeness (QED) is 0.748. The number of nitrogens with zero attached hydrogens (tertiary/aromatic N) is 1. The van der Waals surface area contributed by atoms with Crippen molar-refractivity contribution in [3.05, 3.63) is 17.8 Å². The number of anilines is 2. The van der Waals surface area contributed by atoms with Crippen LogP contribution in [0.3, 0.4) is 0 Å². The van der Waals surface area contributed by atoms with Gasteiger partial charge in [0.15, 0.2) is 0 Å². The van der Waals surface area contributed by atoms with Crippen LogP contribution in [0.1, 0.15) is 30.6 Å². The SMILES string of the molecule is CCOC(=O)c1cc(N)cnc1NCCC(C)SC. The van der Waals surface area contributed by atoms with Crippen LogP contribution in [0.4, 0.5) is 11.5 Å². The Hall–Kier alpha value is -1.43. The molecule has 1 aromatic heterocycles. The lowest BCUT2D eigenvalue weighted by Gasteiger charge is -2.12. The van der Waals surface area contributed by atoms with Gasteiger partial charge in [0.1, 0.15) is 11.4 Å². The maximum Gasteiger partial charge on any atom is 0.341 e. The fourth-order valence-corrected chi connectivity index (χ4v) is 1.85. The van der Waals surface area contributed by atoms with Gasteiger partial charge in [0.05, 0.1) is 18.5 Å². The second-order valence-corrected chi connectivity index (χ2v) is 5.42. The average Bonchev–Trinajstić information content (AvgIpc) is 2.40. The van der Waals surface area contributed by atoms with E-state index in [-0.39, 0.29) is 0 Å². The number of aromatic nitrogens is 1. The van der Waals surface area contributed by atoms with E-state index in [0.717, 1.165) is 13.0 Å². The number of hydrogen-bond donors (Lipinski definition) is 2. The lowest BCUT2D eigenvalue weighted by atomic mass is 10.2. The minimum absolute atomic E-state index is 0.330. The highest BCUT2D eigenvalue weighted by molar-refractivity contribution is 7.99. The number of carbonyl (C=O) groups is 1. The van der Waals surface area contributed by atoms with Gasteiger partial charge in [-0.2, -0.15) is 11.8 Å². The normalized spacial score (nSPS) is 11.9. The average molecular weight is 283 g/mol. The number of carbonyl (C=O) groups excluding carboxylic acids is 1. The number of nitrogens with two attached hydrogens (primary N) is 1. The van der Waals surface area contributed by atoms with Crippen molar-refractivity contribution in [1.82, 2.24) is 4.98 Å². The molecule has 0 saturated carbocycles. The zero-order valence-electron chi connectivity index (χ0n) is 11.6. The zero-order chi connectivity index (χ0) is 14.3. The molecule has 3 N–H and O–H groups in total. The highest BCUT2D eigenvalue weighted by Crippen LogP contribution is 2.17. The molecule has 5 nitrogen and oxygen atoms in total. The first-order chi connectivity index (χ1) is 9.08. The topological polar surface area (TPSA) is 77.2 Å². The number of pyridine rings is 1. The third-order valence-electron chi connectivity index (χ3n) is 2.65. The van der Waals surface area contributed by atoms with E-state index in [1.54, 1.807) is 13.0 Å². The van der Waals surface area contributed by atoms with Crippen LogP contribution in [0.2, 0.25) is 0 Å². The van der Waals surface area contributed by atoms with E-state index in [2.05, 4.69) is 23.5 Å². The molecule has 0 fully saturated rings. The molecule has 0 aliphatic heterocycles. The minimum Gasteiger partial charge on any atom is -0.462 e. The molecule has 0 radical (unpaired) electrons. The van der Waals surface area contributed by atoms with Gasteiger partial charge in [-0.1, -0.05) is 6.92 Å². The Morgan fingerprint density at radius 3 is 3.00 bits per heavy atom. The van der Waals surface area contributed by atoms with Crippen LogP contribution in [0.5, 0.6) is 0 Å². The smallest absolute Gasteiger partial charge is 0.341 e. The summed E-state index contributed by atoms with van der Waals surface area (Å²) in [7, 11) is 0. The number of esters is 1. The molecule has 0 bridgehead atoms. The summed E-state index contributed by atoms with van der Waals surface area (Å²) in [6, 6.07) is 1.59. The molecule has 0 amide bonds. The maximum atomic E-state index is 11.8. The molecule has 0 spiro atoms. The van der Waals surface area contributed by atoms with Gasteiger partial charge < -0.3 is 15.8 Å². The van der Waals surface area contributed by atoms with Crippen molar-refractivity contribution in [3.63, 3.8) is 0 Å². The van der Waals surface area contributed by atoms with E-state index >= 15 is 0 Å². The van der Waals surface area contributed by atoms with Crippen molar-refractivity contribution < 1.29 is 9.53 Å². The van der Waals surface area contributed by atoms with Crippen molar-refractivity contribution in [3.8, 4) is 0 Å². The molecule has 1 atom stereocenters. The van der Waals surface area contributed by atoms with Crippen LogP contribution < -0.4 is 11.1 Å². The van der Waals surface area contributed by atoms with E-state index in [1.165, 1.54) is 6.20 Å². The summed E-state index contributed by atoms with van der Waals surface area (Å²) in [5.41, 5.74) is 6.50. The summed E-state index contributed by atoms with van der Waals surface area (Å²) in [5, 5.41) is 3.73. The lowest BCUT2D eigenvalue weighted by molar-refractivity contribution is 0.0527. The van der Waals surface area contributed by atoms with E-state index in [4.69, 9.17) is 10.5 Å². The third kappa shape index (κ3) is 4.98. The van der Waals surface area contributed by atoms with Gasteiger partial charge >= 0.3 is 5.97 Å². The Kier molecular flexibility index (Phi) is 6.49. The largest absolute Gasteiger partial charge is 0.462 e. The summed E-state index contributed by atoms with van der Waals surface area (Å²) >= 11 is 1.81. The zero-order valence-corrected chi connectivity index (χ0v) is 12.4. The minimum atomic E-state index is -0.400. The summed E-state index contributed by atoms with van der Waals surface area (Å²) < 4.78 is 4.99. The second-order valence-electron chi connectivity index (χ2n) is 4.15. The van der Waals surface area contributed by atoms with Crippen LogP contribution in [0.15, 0.2) is 12.3 Å². The standard InChI is InChI=1S/C13H21N3O2S/c1-4-18-13(17)11-7-10(14)8-16-12(11)15-6-5-9(2)19-3/h7-9H,4-6,14H2,1-3H3,(H,15,16). The predicted octanol–water partition coefficient (Wildman–Crippen LogP) is 2.39. The fourth-order valence-electron chi connectivity index (χ4n) is 1.50. The number of nitrogens with one attached hydrogen (secondary N) is 1. The third-order valence-corrected chi connectivity index (χ3v) is 3.69. The van der Waals surface area contributed by atoms with Gasteiger partial charge in [0.25, 0.3) is 0 Å². The van der Waals surface area contributed by atoms with Gasteiger partial charge in [-0.05, 0) is 25.7 Å². The fraction of sp³-hybridized carbons (Fsp3) is 0.538. The molecule has 0 aromatic carbocycles. The van der Waals surface area contributed by atoms with Gasteiger partial charge in [-0.3, -0.25) is 0 Å². The molecule has 0 aliphatic carbocycles. The second kappa shape index (κ2) is 7.89. The Labute approximate surface area is 118 Å². The lowest BCUT2D eigenvalue weighted by Crippen LogP contribution is -2.14. The molecule has 1 rings (SSSR count). The van der Waals surface area contributed by atoms with Gasteiger partial charge in [-0.15, -0.1) is 0 Å². The van der Waals surface area contributed by atoms with E-state index in [0.29, 0.717) is 28.9 Å². The number of hydrogen-bond acceptors (Lipinski definition) is 6. The van der Waals surface area contributed by atoms with Crippen molar-refractivity contribution in [2.24, 2.45) is 0 Å². The highest BCUT2D eigenvalue weighted by Gasteiger charge is 2.14. The van der Waals surface area contributed by atoms with Crippen LogP contribution in [0, 0.1) is 0 Å². The van der Waals surface area contributed by atoms with Crippen LogP contribution >= 0.6 is 11.8 Å². The molecule has 19 heavy (non-hydrogen) atoms. The molecular weight excluding hydrogens is 262 g/mol. The Morgan fingerprint density at radius 1 is 1.63 bits per heavy atom. The molecular formula is C13H21N3O2S. The molecule has 106 valence electrons. The van der Waals surface area contributed by atoms with Crippen LogP contribution in [-0.4, -0.2) is 35.6 Å². The molecule has 6 heteroatoms. The van der Waals surface area contributed by atoms with Crippen molar-refractivity contribution in [2.75, 3.05) is 30.5 Å². The Morgan fingerprint density at radius 2 is 2.37 bits per heavy atom. The van der Waals surface area contributed by atoms with Gasteiger partial charge in [-0.25, -0.2) is 9.78 Å². The van der Waals surface area contributed by atoms with E-state index in [1.807, 2.05) is 11.8 Å². The van der Waals surface area contributed by atoms with Crippen molar-refractivity contribution in [1.29, 1.82) is 0 Å². The van der Waals surface area contributed by atoms with Gasteiger partial charge in [0.2, 0.25) is 0 Å². The molecule has 0 aliphatic rings. The van der Waals surface area contributed by atoms with Gasteiger partial charge in [0, 0.05) is 11.8 Å². The van der Waals surface area contributed by atoms with E-state index in [9.17, 15) is 4.79 Å². The maximum absolute atomic E-state index is 11.8. The molecule has 1 aromatic rings. The number of ether oxygens (including phenoxy) is 1. The Balaban J connectivity index is 2.73. The summed E-state index contributed by atoms with van der Waals surface area (Å²) in [6.45, 7) is 5.02. The molecule has 1 unspecified atom stereocenters. The number of nitrogen functional groups attached to an aromatic ring is 1.